The van der Waals surface area contributed by atoms with Gasteiger partial charge in [-0.25, -0.2) is 0 Å². The van der Waals surface area contributed by atoms with Crippen LogP contribution in [0.4, 0.5) is 5.95 Å². The highest BCUT2D eigenvalue weighted by molar-refractivity contribution is 5.38. The molecule has 2 aromatic rings. The first-order valence-corrected chi connectivity index (χ1v) is 8.60. The van der Waals surface area contributed by atoms with Crippen molar-refractivity contribution < 1.29 is 4.74 Å². The second kappa shape index (κ2) is 6.32. The second-order valence-corrected chi connectivity index (χ2v) is 6.68. The molecule has 5 nitrogen and oxygen atoms in total. The Labute approximate surface area is 137 Å². The van der Waals surface area contributed by atoms with Gasteiger partial charge in [-0.05, 0) is 37.3 Å². The quantitative estimate of drug-likeness (QED) is 0.874. The molecule has 1 aromatic carbocycles. The maximum atomic E-state index is 5.53. The van der Waals surface area contributed by atoms with Crippen LogP contribution in [0, 0.1) is 12.8 Å². The number of ether oxygens (including phenoxy) is 1. The van der Waals surface area contributed by atoms with Crippen molar-refractivity contribution in [3.63, 3.8) is 0 Å². The highest BCUT2D eigenvalue weighted by Crippen LogP contribution is 2.25. The topological polar surface area (TPSA) is 43.2 Å². The number of rotatable bonds is 3. The van der Waals surface area contributed by atoms with E-state index >= 15 is 0 Å². The van der Waals surface area contributed by atoms with E-state index in [0.717, 1.165) is 63.9 Å². The summed E-state index contributed by atoms with van der Waals surface area (Å²) in [6.45, 7) is 6.73. The van der Waals surface area contributed by atoms with Gasteiger partial charge in [-0.1, -0.05) is 24.3 Å². The Morgan fingerprint density at radius 1 is 1.22 bits per heavy atom. The number of aromatic nitrogens is 3. The molecule has 1 fully saturated rings. The van der Waals surface area contributed by atoms with Gasteiger partial charge >= 0.3 is 0 Å². The molecule has 1 unspecified atom stereocenters. The maximum absolute atomic E-state index is 5.53. The van der Waals surface area contributed by atoms with Crippen molar-refractivity contribution in [2.45, 2.75) is 39.3 Å². The van der Waals surface area contributed by atoms with Gasteiger partial charge in [-0.3, -0.25) is 4.57 Å². The van der Waals surface area contributed by atoms with Crippen LogP contribution >= 0.6 is 0 Å². The molecule has 0 aliphatic carbocycles. The van der Waals surface area contributed by atoms with Gasteiger partial charge in [0, 0.05) is 32.2 Å². The summed E-state index contributed by atoms with van der Waals surface area (Å²) in [6, 6.07) is 8.77. The molecule has 1 saturated heterocycles. The molecule has 0 bridgehead atoms. The maximum Gasteiger partial charge on any atom is 0.227 e. The molecule has 1 aromatic heterocycles. The first kappa shape index (κ1) is 14.7. The lowest BCUT2D eigenvalue weighted by atomic mass is 10.0. The third-order valence-corrected chi connectivity index (χ3v) is 5.02. The van der Waals surface area contributed by atoms with Crippen molar-refractivity contribution in [1.29, 1.82) is 0 Å². The molecule has 122 valence electrons. The Kier molecular flexibility index (Phi) is 4.04. The zero-order chi connectivity index (χ0) is 15.6. The van der Waals surface area contributed by atoms with Crippen LogP contribution in [-0.2, 0) is 24.2 Å². The summed E-state index contributed by atoms with van der Waals surface area (Å²) in [5, 5.41) is 8.85. The molecule has 0 spiro atoms. The Hall–Kier alpha value is -1.88. The number of anilines is 1. The fourth-order valence-corrected chi connectivity index (χ4v) is 3.67. The van der Waals surface area contributed by atoms with Crippen LogP contribution in [0.3, 0.4) is 0 Å². The number of nitrogens with zero attached hydrogens (tertiary/aromatic N) is 4. The van der Waals surface area contributed by atoms with Gasteiger partial charge in [-0.15, -0.1) is 10.2 Å². The zero-order valence-electron chi connectivity index (χ0n) is 13.7. The van der Waals surface area contributed by atoms with Crippen LogP contribution in [0.1, 0.15) is 29.8 Å². The van der Waals surface area contributed by atoms with Crippen molar-refractivity contribution in [2.24, 2.45) is 5.92 Å². The predicted molar refractivity (Wildman–Crippen MR) is 89.5 cm³/mol. The van der Waals surface area contributed by atoms with Crippen molar-refractivity contribution in [2.75, 3.05) is 24.7 Å². The van der Waals surface area contributed by atoms with Crippen molar-refractivity contribution in [3.8, 4) is 0 Å². The normalized spacial score (nSPS) is 21.3. The molecule has 4 rings (SSSR count). The number of hydrogen-bond donors (Lipinski definition) is 0. The molecule has 1 atom stereocenters. The third-order valence-electron chi connectivity index (χ3n) is 5.02. The van der Waals surface area contributed by atoms with Crippen molar-refractivity contribution >= 4 is 5.95 Å². The zero-order valence-corrected chi connectivity index (χ0v) is 13.7. The lowest BCUT2D eigenvalue weighted by Gasteiger charge is -2.23. The minimum absolute atomic E-state index is 0.586. The smallest absolute Gasteiger partial charge is 0.227 e. The van der Waals surface area contributed by atoms with E-state index in [4.69, 9.17) is 4.74 Å². The van der Waals surface area contributed by atoms with Gasteiger partial charge in [0.05, 0.1) is 6.61 Å². The lowest BCUT2D eigenvalue weighted by Crippen LogP contribution is -2.27. The standard InChI is InChI=1S/C18H24N4O/c1-14-19-20-18(22(14)11-15-8-10-23-13-15)21-9-4-7-16-5-2-3-6-17(16)12-21/h2-3,5-6,15H,4,7-13H2,1H3. The number of benzene rings is 1. The fourth-order valence-electron chi connectivity index (χ4n) is 3.67. The van der Waals surface area contributed by atoms with E-state index in [-0.39, 0.29) is 0 Å². The molecule has 0 amide bonds. The van der Waals surface area contributed by atoms with E-state index in [2.05, 4.69) is 50.9 Å². The molecular weight excluding hydrogens is 288 g/mol. The summed E-state index contributed by atoms with van der Waals surface area (Å²) in [5.74, 6) is 2.61. The molecule has 2 aliphatic heterocycles. The minimum Gasteiger partial charge on any atom is -0.381 e. The summed E-state index contributed by atoms with van der Waals surface area (Å²) in [4.78, 5) is 2.39. The Morgan fingerprint density at radius 3 is 2.91 bits per heavy atom. The van der Waals surface area contributed by atoms with Crippen LogP contribution in [0.2, 0.25) is 0 Å². The molecular formula is C18H24N4O. The Balaban J connectivity index is 1.60. The average molecular weight is 312 g/mol. The average Bonchev–Trinajstić information content (AvgIpc) is 3.14. The van der Waals surface area contributed by atoms with Crippen LogP contribution in [0.25, 0.3) is 0 Å². The monoisotopic (exact) mass is 312 g/mol. The van der Waals surface area contributed by atoms with E-state index in [1.807, 2.05) is 0 Å². The second-order valence-electron chi connectivity index (χ2n) is 6.68. The summed E-state index contributed by atoms with van der Waals surface area (Å²) >= 11 is 0. The number of aryl methyl sites for hydroxylation is 2. The summed E-state index contributed by atoms with van der Waals surface area (Å²) in [7, 11) is 0. The Bertz CT molecular complexity index is 675. The van der Waals surface area contributed by atoms with Crippen LogP contribution in [0.15, 0.2) is 24.3 Å². The largest absolute Gasteiger partial charge is 0.381 e. The van der Waals surface area contributed by atoms with Crippen LogP contribution < -0.4 is 4.90 Å². The summed E-state index contributed by atoms with van der Waals surface area (Å²) < 4.78 is 7.81. The van der Waals surface area contributed by atoms with Crippen LogP contribution in [-0.4, -0.2) is 34.5 Å². The molecule has 5 heteroatoms. The van der Waals surface area contributed by atoms with Gasteiger partial charge in [0.2, 0.25) is 5.95 Å². The molecule has 0 radical (unpaired) electrons. The SMILES string of the molecule is Cc1nnc(N2CCCc3ccccc3C2)n1CC1CCOC1. The van der Waals surface area contributed by atoms with Crippen molar-refractivity contribution in [1.82, 2.24) is 14.8 Å². The van der Waals surface area contributed by atoms with Gasteiger partial charge in [-0.2, -0.15) is 0 Å². The molecule has 23 heavy (non-hydrogen) atoms. The highest BCUT2D eigenvalue weighted by atomic mass is 16.5. The third kappa shape index (κ3) is 2.98. The Morgan fingerprint density at radius 2 is 2.09 bits per heavy atom. The molecule has 0 saturated carbocycles. The predicted octanol–water partition coefficient (Wildman–Crippen LogP) is 2.58. The fraction of sp³-hybridized carbons (Fsp3) is 0.556. The van der Waals surface area contributed by atoms with Crippen LogP contribution in [0.5, 0.6) is 0 Å². The minimum atomic E-state index is 0.586. The molecule has 0 N–H and O–H groups in total. The van der Waals surface area contributed by atoms with Gasteiger partial charge in [0.15, 0.2) is 0 Å². The van der Waals surface area contributed by atoms with E-state index in [9.17, 15) is 0 Å². The summed E-state index contributed by atoms with van der Waals surface area (Å²) in [5.41, 5.74) is 2.89. The van der Waals surface area contributed by atoms with E-state index < -0.39 is 0 Å². The summed E-state index contributed by atoms with van der Waals surface area (Å²) in [6.07, 6.45) is 3.45. The van der Waals surface area contributed by atoms with Crippen molar-refractivity contribution in [3.05, 3.63) is 41.2 Å². The number of hydrogen-bond acceptors (Lipinski definition) is 4. The van der Waals surface area contributed by atoms with Gasteiger partial charge in [0.25, 0.3) is 0 Å². The molecule has 3 heterocycles. The molecule has 2 aliphatic rings. The van der Waals surface area contributed by atoms with E-state index in [1.54, 1.807) is 0 Å². The van der Waals surface area contributed by atoms with E-state index in [1.165, 1.54) is 11.1 Å². The highest BCUT2D eigenvalue weighted by Gasteiger charge is 2.23. The van der Waals surface area contributed by atoms with E-state index in [0.29, 0.717) is 5.92 Å². The van der Waals surface area contributed by atoms with Gasteiger partial charge in [0.1, 0.15) is 5.82 Å². The van der Waals surface area contributed by atoms with Gasteiger partial charge < -0.3 is 9.64 Å². The lowest BCUT2D eigenvalue weighted by molar-refractivity contribution is 0.182. The first-order chi connectivity index (χ1) is 11.3. The first-order valence-electron chi connectivity index (χ1n) is 8.60. The number of fused-ring (bicyclic) bond motifs is 1.